The molecule has 2 aliphatic rings. The Morgan fingerprint density at radius 3 is 2.48 bits per heavy atom. The van der Waals surface area contributed by atoms with E-state index >= 15 is 0 Å². The van der Waals surface area contributed by atoms with Crippen molar-refractivity contribution in [3.63, 3.8) is 0 Å². The molecule has 1 saturated carbocycles. The van der Waals surface area contributed by atoms with E-state index in [0.29, 0.717) is 0 Å². The van der Waals surface area contributed by atoms with Crippen molar-refractivity contribution >= 4 is 11.8 Å². The minimum atomic E-state index is -4.72. The number of piperazine rings is 1. The normalized spacial score (nSPS) is 25.1. The number of nitrogens with one attached hydrogen (secondary N) is 1. The number of rotatable bonds is 4. The van der Waals surface area contributed by atoms with E-state index in [4.69, 9.17) is 0 Å². The van der Waals surface area contributed by atoms with Gasteiger partial charge in [-0.05, 0) is 18.8 Å². The molecule has 0 aromatic rings. The lowest BCUT2D eigenvalue weighted by Crippen LogP contribution is -2.61. The van der Waals surface area contributed by atoms with Crippen molar-refractivity contribution in [2.24, 2.45) is 5.92 Å². The Morgan fingerprint density at radius 2 is 1.86 bits per heavy atom. The highest BCUT2D eigenvalue weighted by Gasteiger charge is 2.38. The van der Waals surface area contributed by atoms with Gasteiger partial charge in [-0.25, -0.2) is 0 Å². The first kappa shape index (κ1) is 16.1. The molecule has 1 heterocycles. The highest BCUT2D eigenvalue weighted by atomic mass is 19.4. The molecule has 120 valence electrons. The number of carbonyl (C=O) groups excluding carboxylic acids is 2. The van der Waals surface area contributed by atoms with Crippen molar-refractivity contribution in [1.82, 2.24) is 10.2 Å². The average molecular weight is 308 g/mol. The maximum atomic E-state index is 12.3. The number of carbonyl (C=O) groups is 2. The van der Waals surface area contributed by atoms with Crippen molar-refractivity contribution in [3.8, 4) is 0 Å². The van der Waals surface area contributed by atoms with Gasteiger partial charge in [0.2, 0.25) is 11.8 Å². The number of ether oxygens (including phenoxy) is 1. The molecule has 2 rings (SSSR count). The Bertz CT molecular complexity index is 395. The van der Waals surface area contributed by atoms with E-state index in [1.807, 2.05) is 0 Å². The standard InChI is InChI=1S/C13H19F3N2O3/c14-13(15,16)21-7-6-18-8-10(19)17-11(12(18)20)9-4-2-1-3-5-9/h9,11H,1-8H2,(H,17,19). The summed E-state index contributed by atoms with van der Waals surface area (Å²) in [4.78, 5) is 25.1. The van der Waals surface area contributed by atoms with E-state index in [1.54, 1.807) is 0 Å². The van der Waals surface area contributed by atoms with E-state index in [-0.39, 0.29) is 30.8 Å². The average Bonchev–Trinajstić information content (AvgIpc) is 2.42. The zero-order valence-electron chi connectivity index (χ0n) is 11.6. The summed E-state index contributed by atoms with van der Waals surface area (Å²) in [5.41, 5.74) is 0. The summed E-state index contributed by atoms with van der Waals surface area (Å²) in [5.74, 6) is -0.536. The first-order chi connectivity index (χ1) is 9.87. The Labute approximate surface area is 120 Å². The number of alkyl halides is 3. The smallest absolute Gasteiger partial charge is 0.342 e. The molecule has 0 radical (unpaired) electrons. The van der Waals surface area contributed by atoms with Crippen molar-refractivity contribution in [1.29, 1.82) is 0 Å². The minimum Gasteiger partial charge on any atom is -0.342 e. The molecule has 0 aromatic carbocycles. The van der Waals surface area contributed by atoms with Gasteiger partial charge in [0.1, 0.15) is 6.04 Å². The second-order valence-corrected chi connectivity index (χ2v) is 5.50. The molecule has 5 nitrogen and oxygen atoms in total. The zero-order valence-corrected chi connectivity index (χ0v) is 11.6. The maximum Gasteiger partial charge on any atom is 0.522 e. The Morgan fingerprint density at radius 1 is 1.19 bits per heavy atom. The van der Waals surface area contributed by atoms with Crippen LogP contribution in [0, 0.1) is 5.92 Å². The number of halogens is 3. The molecule has 21 heavy (non-hydrogen) atoms. The molecule has 1 atom stereocenters. The van der Waals surface area contributed by atoms with Crippen LogP contribution in [0.15, 0.2) is 0 Å². The van der Waals surface area contributed by atoms with Crippen LogP contribution >= 0.6 is 0 Å². The molecule has 1 aliphatic heterocycles. The Kier molecular flexibility index (Phi) is 5.08. The second kappa shape index (κ2) is 6.64. The van der Waals surface area contributed by atoms with Crippen molar-refractivity contribution in [2.45, 2.75) is 44.5 Å². The fraction of sp³-hybridized carbons (Fsp3) is 0.846. The molecular weight excluding hydrogens is 289 g/mol. The molecular formula is C13H19F3N2O3. The number of hydrogen-bond acceptors (Lipinski definition) is 3. The van der Waals surface area contributed by atoms with Crippen molar-refractivity contribution < 1.29 is 27.5 Å². The van der Waals surface area contributed by atoms with E-state index in [1.165, 1.54) is 0 Å². The molecule has 1 saturated heterocycles. The highest BCUT2D eigenvalue weighted by molar-refractivity contribution is 5.95. The number of hydrogen-bond donors (Lipinski definition) is 1. The highest BCUT2D eigenvalue weighted by Crippen LogP contribution is 2.28. The largest absolute Gasteiger partial charge is 0.522 e. The molecule has 8 heteroatoms. The molecule has 2 fully saturated rings. The summed E-state index contributed by atoms with van der Waals surface area (Å²) in [6.45, 7) is -1.09. The van der Waals surface area contributed by atoms with Gasteiger partial charge in [0.05, 0.1) is 13.2 Å². The fourth-order valence-electron chi connectivity index (χ4n) is 2.98. The van der Waals surface area contributed by atoms with Gasteiger partial charge in [-0.1, -0.05) is 19.3 Å². The Balaban J connectivity index is 1.92. The Hall–Kier alpha value is -1.31. The number of nitrogens with zero attached hydrogens (tertiary/aromatic N) is 1. The van der Waals surface area contributed by atoms with Gasteiger partial charge >= 0.3 is 6.36 Å². The van der Waals surface area contributed by atoms with Crippen LogP contribution in [0.5, 0.6) is 0 Å². The third-order valence-corrected chi connectivity index (χ3v) is 3.98. The monoisotopic (exact) mass is 308 g/mol. The first-order valence-corrected chi connectivity index (χ1v) is 7.15. The first-order valence-electron chi connectivity index (χ1n) is 7.15. The predicted octanol–water partition coefficient (Wildman–Crippen LogP) is 1.43. The summed E-state index contributed by atoms with van der Waals surface area (Å²) >= 11 is 0. The summed E-state index contributed by atoms with van der Waals surface area (Å²) in [7, 11) is 0. The second-order valence-electron chi connectivity index (χ2n) is 5.50. The van der Waals surface area contributed by atoms with Gasteiger partial charge in [-0.2, -0.15) is 0 Å². The zero-order chi connectivity index (χ0) is 15.5. The lowest BCUT2D eigenvalue weighted by atomic mass is 9.82. The number of amides is 2. The fourth-order valence-corrected chi connectivity index (χ4v) is 2.98. The topological polar surface area (TPSA) is 58.6 Å². The van der Waals surface area contributed by atoms with Crippen LogP contribution in [0.3, 0.4) is 0 Å². The van der Waals surface area contributed by atoms with Gasteiger partial charge in [-0.15, -0.1) is 13.2 Å². The van der Waals surface area contributed by atoms with Crippen LogP contribution in [0.25, 0.3) is 0 Å². The van der Waals surface area contributed by atoms with E-state index in [0.717, 1.165) is 37.0 Å². The molecule has 0 aromatic heterocycles. The summed E-state index contributed by atoms with van der Waals surface area (Å²) in [5, 5.41) is 2.68. The predicted molar refractivity (Wildman–Crippen MR) is 67.1 cm³/mol. The minimum absolute atomic E-state index is 0.0848. The van der Waals surface area contributed by atoms with E-state index < -0.39 is 19.0 Å². The van der Waals surface area contributed by atoms with Crippen LogP contribution in [-0.4, -0.2) is 48.8 Å². The van der Waals surface area contributed by atoms with Crippen LogP contribution in [0.4, 0.5) is 13.2 Å². The van der Waals surface area contributed by atoms with Crippen LogP contribution in [-0.2, 0) is 14.3 Å². The molecule has 2 amide bonds. The van der Waals surface area contributed by atoms with Crippen LogP contribution in [0.1, 0.15) is 32.1 Å². The van der Waals surface area contributed by atoms with E-state index in [2.05, 4.69) is 10.1 Å². The van der Waals surface area contributed by atoms with Gasteiger partial charge in [0.15, 0.2) is 0 Å². The summed E-state index contributed by atoms with van der Waals surface area (Å²) in [6.07, 6.45) is 0.161. The summed E-state index contributed by atoms with van der Waals surface area (Å²) < 4.78 is 39.5. The van der Waals surface area contributed by atoms with E-state index in [9.17, 15) is 22.8 Å². The van der Waals surface area contributed by atoms with Gasteiger partial charge in [-0.3, -0.25) is 14.3 Å². The summed E-state index contributed by atoms with van der Waals surface area (Å²) in [6, 6.07) is -0.600. The molecule has 1 N–H and O–H groups in total. The quantitative estimate of drug-likeness (QED) is 0.855. The maximum absolute atomic E-state index is 12.3. The molecule has 0 bridgehead atoms. The molecule has 1 aliphatic carbocycles. The molecule has 1 unspecified atom stereocenters. The van der Waals surface area contributed by atoms with Crippen molar-refractivity contribution in [2.75, 3.05) is 19.7 Å². The van der Waals surface area contributed by atoms with Gasteiger partial charge in [0.25, 0.3) is 0 Å². The third-order valence-electron chi connectivity index (χ3n) is 3.98. The lowest BCUT2D eigenvalue weighted by molar-refractivity contribution is -0.324. The third kappa shape index (κ3) is 4.59. The molecule has 0 spiro atoms. The van der Waals surface area contributed by atoms with Crippen molar-refractivity contribution in [3.05, 3.63) is 0 Å². The van der Waals surface area contributed by atoms with Crippen LogP contribution in [0.2, 0.25) is 0 Å². The van der Waals surface area contributed by atoms with Crippen LogP contribution < -0.4 is 5.32 Å². The van der Waals surface area contributed by atoms with Gasteiger partial charge in [0, 0.05) is 6.54 Å². The lowest BCUT2D eigenvalue weighted by Gasteiger charge is -2.37. The van der Waals surface area contributed by atoms with Gasteiger partial charge < -0.3 is 10.2 Å². The SMILES string of the molecule is O=C1CN(CCOC(F)(F)F)C(=O)C(C2CCCCC2)N1.